The second-order valence-electron chi connectivity index (χ2n) is 7.93. The number of rotatable bonds is 9. The zero-order valence-corrected chi connectivity index (χ0v) is 20.0. The molecule has 3 aromatic carbocycles. The molecule has 1 atom stereocenters. The molecule has 1 heterocycles. The molecular formula is C28H27FN2O5. The monoisotopic (exact) mass is 490 g/mol. The number of benzene rings is 3. The van der Waals surface area contributed by atoms with E-state index in [0.29, 0.717) is 40.5 Å². The van der Waals surface area contributed by atoms with Crippen LogP contribution in [-0.2, 0) is 16.1 Å². The van der Waals surface area contributed by atoms with Crippen molar-refractivity contribution in [1.82, 2.24) is 10.6 Å². The number of nitrogens with one attached hydrogen (secondary N) is 2. The van der Waals surface area contributed by atoms with Crippen molar-refractivity contribution in [3.63, 3.8) is 0 Å². The van der Waals surface area contributed by atoms with Crippen molar-refractivity contribution in [1.29, 1.82) is 0 Å². The molecule has 1 aliphatic heterocycles. The lowest BCUT2D eigenvalue weighted by Crippen LogP contribution is -2.45. The Labute approximate surface area is 208 Å². The Morgan fingerprint density at radius 2 is 1.67 bits per heavy atom. The van der Waals surface area contributed by atoms with Crippen molar-refractivity contribution in [2.75, 3.05) is 13.2 Å². The molecule has 0 radical (unpaired) electrons. The van der Waals surface area contributed by atoms with Crippen molar-refractivity contribution in [3.8, 4) is 11.5 Å². The molecular weight excluding hydrogens is 463 g/mol. The lowest BCUT2D eigenvalue weighted by Gasteiger charge is -2.30. The van der Waals surface area contributed by atoms with Gasteiger partial charge < -0.3 is 24.8 Å². The predicted molar refractivity (Wildman–Crippen MR) is 133 cm³/mol. The second kappa shape index (κ2) is 11.4. The fraction of sp³-hybridized carbons (Fsp3) is 0.214. The van der Waals surface area contributed by atoms with Crippen LogP contribution in [0.4, 0.5) is 9.18 Å². The Morgan fingerprint density at radius 3 is 2.39 bits per heavy atom. The summed E-state index contributed by atoms with van der Waals surface area (Å²) in [7, 11) is 0. The zero-order chi connectivity index (χ0) is 25.5. The fourth-order valence-electron chi connectivity index (χ4n) is 3.94. The summed E-state index contributed by atoms with van der Waals surface area (Å²) in [6.45, 7) is 4.10. The van der Waals surface area contributed by atoms with Crippen LogP contribution >= 0.6 is 0 Å². The van der Waals surface area contributed by atoms with Crippen LogP contribution in [0, 0.1) is 5.82 Å². The Bertz CT molecular complexity index is 1280. The van der Waals surface area contributed by atoms with E-state index in [9.17, 15) is 14.0 Å². The Hall–Kier alpha value is -4.33. The first-order valence-electron chi connectivity index (χ1n) is 11.7. The van der Waals surface area contributed by atoms with Crippen LogP contribution in [0.3, 0.4) is 0 Å². The van der Waals surface area contributed by atoms with Crippen LogP contribution in [-0.4, -0.2) is 25.2 Å². The standard InChI is InChI=1S/C28H27FN2O5/c1-3-34-23-16-19(14-15-22(23)36-17-20-12-8-9-13-21(20)29)26-24(27(32)35-4-2)25(30-28(33)31-26)18-10-6-5-7-11-18/h5-16,26H,3-4,17H2,1-2H3,(H2,30,31,33)/t26-/m1/s1. The SMILES string of the molecule is CCOC(=O)C1=C(c2ccccc2)NC(=O)N[C@@H]1c1ccc(OCc2ccccc2F)c(OCC)c1. The highest BCUT2D eigenvalue weighted by atomic mass is 19.1. The minimum Gasteiger partial charge on any atom is -0.490 e. The summed E-state index contributed by atoms with van der Waals surface area (Å²) in [4.78, 5) is 25.7. The first-order valence-corrected chi connectivity index (χ1v) is 11.7. The molecule has 0 aromatic heterocycles. The van der Waals surface area contributed by atoms with Crippen LogP contribution < -0.4 is 20.1 Å². The Kier molecular flexibility index (Phi) is 7.85. The van der Waals surface area contributed by atoms with Crippen LogP contribution in [0.25, 0.3) is 5.70 Å². The maximum Gasteiger partial charge on any atom is 0.338 e. The van der Waals surface area contributed by atoms with E-state index in [0.717, 1.165) is 0 Å². The maximum absolute atomic E-state index is 14.0. The third kappa shape index (κ3) is 5.49. The molecule has 8 heteroatoms. The van der Waals surface area contributed by atoms with Gasteiger partial charge in [0.15, 0.2) is 11.5 Å². The average Bonchev–Trinajstić information content (AvgIpc) is 2.89. The second-order valence-corrected chi connectivity index (χ2v) is 7.93. The molecule has 0 saturated heterocycles. The average molecular weight is 491 g/mol. The quantitative estimate of drug-likeness (QED) is 0.406. The maximum atomic E-state index is 14.0. The largest absolute Gasteiger partial charge is 0.490 e. The molecule has 186 valence electrons. The molecule has 0 aliphatic carbocycles. The minimum atomic E-state index is -0.798. The van der Waals surface area contributed by atoms with Crippen LogP contribution in [0.15, 0.2) is 78.4 Å². The van der Waals surface area contributed by atoms with E-state index < -0.39 is 18.0 Å². The van der Waals surface area contributed by atoms with Crippen LogP contribution in [0.2, 0.25) is 0 Å². The molecule has 0 saturated carbocycles. The Balaban J connectivity index is 1.73. The van der Waals surface area contributed by atoms with Gasteiger partial charge in [-0.2, -0.15) is 0 Å². The number of hydrogen-bond acceptors (Lipinski definition) is 5. The Morgan fingerprint density at radius 1 is 0.917 bits per heavy atom. The normalized spacial score (nSPS) is 15.1. The van der Waals surface area contributed by atoms with Gasteiger partial charge in [0, 0.05) is 5.56 Å². The highest BCUT2D eigenvalue weighted by molar-refractivity contribution is 6.04. The molecule has 3 aromatic rings. The molecule has 2 N–H and O–H groups in total. The third-order valence-electron chi connectivity index (χ3n) is 5.57. The van der Waals surface area contributed by atoms with Gasteiger partial charge in [0.25, 0.3) is 0 Å². The van der Waals surface area contributed by atoms with E-state index in [1.54, 1.807) is 43.3 Å². The molecule has 0 unspecified atom stereocenters. The van der Waals surface area contributed by atoms with Crippen LogP contribution in [0.1, 0.15) is 36.6 Å². The van der Waals surface area contributed by atoms with E-state index in [1.165, 1.54) is 6.07 Å². The first-order chi connectivity index (χ1) is 17.5. The van der Waals surface area contributed by atoms with Crippen molar-refractivity contribution in [2.45, 2.75) is 26.5 Å². The summed E-state index contributed by atoms with van der Waals surface area (Å²) in [6.07, 6.45) is 0. The summed E-state index contributed by atoms with van der Waals surface area (Å²) in [5, 5.41) is 5.58. The van der Waals surface area contributed by atoms with Gasteiger partial charge in [0.1, 0.15) is 12.4 Å². The predicted octanol–water partition coefficient (Wildman–Crippen LogP) is 5.13. The summed E-state index contributed by atoms with van der Waals surface area (Å²) < 4.78 is 31.0. The minimum absolute atomic E-state index is 0.0162. The molecule has 0 fully saturated rings. The van der Waals surface area contributed by atoms with E-state index in [1.807, 2.05) is 37.3 Å². The van der Waals surface area contributed by atoms with Crippen molar-refractivity contribution in [3.05, 3.63) is 101 Å². The summed E-state index contributed by atoms with van der Waals surface area (Å²) in [6, 6.07) is 19.4. The molecule has 4 rings (SSSR count). The summed E-state index contributed by atoms with van der Waals surface area (Å²) in [5.41, 5.74) is 2.33. The van der Waals surface area contributed by atoms with Crippen molar-refractivity contribution >= 4 is 17.7 Å². The molecule has 0 spiro atoms. The number of hydrogen-bond donors (Lipinski definition) is 2. The van der Waals surface area contributed by atoms with Gasteiger partial charge in [0.05, 0.1) is 30.5 Å². The van der Waals surface area contributed by atoms with Gasteiger partial charge >= 0.3 is 12.0 Å². The molecule has 7 nitrogen and oxygen atoms in total. The number of ether oxygens (including phenoxy) is 3. The fourth-order valence-corrected chi connectivity index (χ4v) is 3.94. The van der Waals surface area contributed by atoms with Crippen LogP contribution in [0.5, 0.6) is 11.5 Å². The smallest absolute Gasteiger partial charge is 0.338 e. The zero-order valence-electron chi connectivity index (χ0n) is 20.0. The highest BCUT2D eigenvalue weighted by Gasteiger charge is 2.34. The van der Waals surface area contributed by atoms with E-state index >= 15 is 0 Å². The van der Waals surface area contributed by atoms with E-state index in [-0.39, 0.29) is 24.6 Å². The van der Waals surface area contributed by atoms with Gasteiger partial charge in [-0.25, -0.2) is 14.0 Å². The van der Waals surface area contributed by atoms with Gasteiger partial charge in [0.2, 0.25) is 0 Å². The first kappa shape index (κ1) is 24.8. The van der Waals surface area contributed by atoms with Gasteiger partial charge in [-0.3, -0.25) is 0 Å². The number of carbonyl (C=O) groups excluding carboxylic acids is 2. The third-order valence-corrected chi connectivity index (χ3v) is 5.57. The number of carbonyl (C=O) groups is 2. The number of urea groups is 1. The number of esters is 1. The van der Waals surface area contributed by atoms with Gasteiger partial charge in [-0.1, -0.05) is 54.6 Å². The summed E-state index contributed by atoms with van der Waals surface area (Å²) >= 11 is 0. The lowest BCUT2D eigenvalue weighted by atomic mass is 9.92. The lowest BCUT2D eigenvalue weighted by molar-refractivity contribution is -0.138. The topological polar surface area (TPSA) is 85.9 Å². The van der Waals surface area contributed by atoms with Crippen molar-refractivity contribution < 1.29 is 28.2 Å². The van der Waals surface area contributed by atoms with Crippen molar-refractivity contribution in [2.24, 2.45) is 0 Å². The van der Waals surface area contributed by atoms with E-state index in [2.05, 4.69) is 10.6 Å². The van der Waals surface area contributed by atoms with Gasteiger partial charge in [-0.05, 0) is 43.2 Å². The highest BCUT2D eigenvalue weighted by Crippen LogP contribution is 2.37. The van der Waals surface area contributed by atoms with Gasteiger partial charge in [-0.15, -0.1) is 0 Å². The molecule has 2 amide bonds. The number of amides is 2. The summed E-state index contributed by atoms with van der Waals surface area (Å²) in [5.74, 6) is -0.0912. The number of halogens is 1. The molecule has 1 aliphatic rings. The molecule has 36 heavy (non-hydrogen) atoms. The van der Waals surface area contributed by atoms with E-state index in [4.69, 9.17) is 14.2 Å². The molecule has 0 bridgehead atoms.